The number of amides is 1. The standard InChI is InChI=1S/C18H15FN2O4/c19-16-10-9-14(12-17(16)21(23)24)6-4-5-11-20-18(22)25-13-15-7-2-1-3-8-15/h1-3,7-10,12H,5,11,13H2,(H,20,22). The number of nitrogens with one attached hydrogen (secondary N) is 1. The van der Waals surface area contributed by atoms with Crippen LogP contribution in [0.4, 0.5) is 14.9 Å². The van der Waals surface area contributed by atoms with Gasteiger partial charge in [0.1, 0.15) is 6.61 Å². The molecule has 0 spiro atoms. The lowest BCUT2D eigenvalue weighted by molar-refractivity contribution is -0.387. The van der Waals surface area contributed by atoms with Crippen LogP contribution in [0.5, 0.6) is 0 Å². The summed E-state index contributed by atoms with van der Waals surface area (Å²) >= 11 is 0. The molecule has 0 radical (unpaired) electrons. The molecule has 1 amide bonds. The van der Waals surface area contributed by atoms with E-state index in [1.54, 1.807) is 0 Å². The molecule has 0 saturated carbocycles. The molecule has 0 aliphatic heterocycles. The van der Waals surface area contributed by atoms with E-state index in [0.717, 1.165) is 17.7 Å². The fourth-order valence-electron chi connectivity index (χ4n) is 1.90. The Labute approximate surface area is 143 Å². The highest BCUT2D eigenvalue weighted by Crippen LogP contribution is 2.17. The highest BCUT2D eigenvalue weighted by Gasteiger charge is 2.13. The summed E-state index contributed by atoms with van der Waals surface area (Å²) in [6, 6.07) is 12.7. The maximum atomic E-state index is 13.2. The van der Waals surface area contributed by atoms with Crippen molar-refractivity contribution in [3.63, 3.8) is 0 Å². The van der Waals surface area contributed by atoms with Crippen molar-refractivity contribution >= 4 is 11.8 Å². The Balaban J connectivity index is 1.74. The maximum absolute atomic E-state index is 13.2. The van der Waals surface area contributed by atoms with Crippen LogP contribution in [0.3, 0.4) is 0 Å². The highest BCUT2D eigenvalue weighted by atomic mass is 19.1. The lowest BCUT2D eigenvalue weighted by Crippen LogP contribution is -2.24. The first-order valence-electron chi connectivity index (χ1n) is 7.43. The Morgan fingerprint density at radius 1 is 1.24 bits per heavy atom. The summed E-state index contributed by atoms with van der Waals surface area (Å²) in [5.41, 5.74) is 0.601. The Hall–Kier alpha value is -3.40. The topological polar surface area (TPSA) is 81.5 Å². The minimum absolute atomic E-state index is 0.178. The normalized spacial score (nSPS) is 9.64. The van der Waals surface area contributed by atoms with E-state index in [9.17, 15) is 19.3 Å². The minimum Gasteiger partial charge on any atom is -0.445 e. The first-order valence-corrected chi connectivity index (χ1v) is 7.43. The second kappa shape index (κ2) is 9.03. The number of alkyl carbamates (subject to hydrolysis) is 1. The first kappa shape index (κ1) is 17.9. The number of rotatable bonds is 5. The lowest BCUT2D eigenvalue weighted by Gasteiger charge is -2.05. The van der Waals surface area contributed by atoms with Crippen molar-refractivity contribution in [1.82, 2.24) is 5.32 Å². The SMILES string of the molecule is O=C(NCCC#Cc1ccc(F)c([N+](=O)[O-])c1)OCc1ccccc1. The third-order valence-electron chi connectivity index (χ3n) is 3.11. The van der Waals surface area contributed by atoms with Gasteiger partial charge in [-0.3, -0.25) is 10.1 Å². The predicted octanol–water partition coefficient (Wildman–Crippen LogP) is 3.40. The molecule has 2 aromatic carbocycles. The molecular weight excluding hydrogens is 327 g/mol. The Bertz CT molecular complexity index is 813. The first-order chi connectivity index (χ1) is 12.1. The fraction of sp³-hybridized carbons (Fsp3) is 0.167. The van der Waals surface area contributed by atoms with Crippen LogP contribution in [0.15, 0.2) is 48.5 Å². The van der Waals surface area contributed by atoms with Gasteiger partial charge in [-0.05, 0) is 17.7 Å². The average molecular weight is 342 g/mol. The van der Waals surface area contributed by atoms with E-state index >= 15 is 0 Å². The molecule has 0 aromatic heterocycles. The molecule has 6 nitrogen and oxygen atoms in total. The average Bonchev–Trinajstić information content (AvgIpc) is 2.61. The summed E-state index contributed by atoms with van der Waals surface area (Å²) in [7, 11) is 0. The predicted molar refractivity (Wildman–Crippen MR) is 89.2 cm³/mol. The van der Waals surface area contributed by atoms with E-state index in [1.165, 1.54) is 6.07 Å². The molecule has 7 heteroatoms. The van der Waals surface area contributed by atoms with Crippen molar-refractivity contribution in [2.75, 3.05) is 6.54 Å². The van der Waals surface area contributed by atoms with Crippen LogP contribution in [-0.4, -0.2) is 17.6 Å². The Morgan fingerprint density at radius 2 is 2.00 bits per heavy atom. The summed E-state index contributed by atoms with van der Waals surface area (Å²) in [5, 5.41) is 13.2. The summed E-state index contributed by atoms with van der Waals surface area (Å²) in [6.07, 6.45) is -0.228. The summed E-state index contributed by atoms with van der Waals surface area (Å²) in [5.74, 6) is 4.53. The largest absolute Gasteiger partial charge is 0.445 e. The van der Waals surface area contributed by atoms with Gasteiger partial charge >= 0.3 is 11.8 Å². The Morgan fingerprint density at radius 3 is 2.72 bits per heavy atom. The summed E-state index contributed by atoms with van der Waals surface area (Å²) in [4.78, 5) is 21.4. The number of halogens is 1. The lowest BCUT2D eigenvalue weighted by atomic mass is 10.2. The number of carbonyl (C=O) groups excluding carboxylic acids is 1. The van der Waals surface area contributed by atoms with Gasteiger partial charge in [-0.1, -0.05) is 42.2 Å². The molecule has 0 bridgehead atoms. The smallest absolute Gasteiger partial charge is 0.407 e. The van der Waals surface area contributed by atoms with Crippen molar-refractivity contribution in [3.05, 3.63) is 75.6 Å². The minimum atomic E-state index is -0.904. The third-order valence-corrected chi connectivity index (χ3v) is 3.11. The number of benzene rings is 2. The molecule has 2 aromatic rings. The van der Waals surface area contributed by atoms with E-state index in [1.807, 2.05) is 30.3 Å². The van der Waals surface area contributed by atoms with Gasteiger partial charge in [-0.15, -0.1) is 0 Å². The molecule has 2 rings (SSSR count). The van der Waals surface area contributed by atoms with Crippen LogP contribution in [-0.2, 0) is 11.3 Å². The van der Waals surface area contributed by atoms with Crippen LogP contribution >= 0.6 is 0 Å². The van der Waals surface area contributed by atoms with Crippen LogP contribution < -0.4 is 5.32 Å². The number of ether oxygens (including phenoxy) is 1. The number of carbonyl (C=O) groups is 1. The molecule has 0 fully saturated rings. The zero-order valence-electron chi connectivity index (χ0n) is 13.2. The van der Waals surface area contributed by atoms with Crippen LogP contribution in [0, 0.1) is 27.8 Å². The Kier molecular flexibility index (Phi) is 6.48. The van der Waals surface area contributed by atoms with E-state index in [0.29, 0.717) is 12.0 Å². The summed E-state index contributed by atoms with van der Waals surface area (Å²) < 4.78 is 18.2. The van der Waals surface area contributed by atoms with Gasteiger partial charge < -0.3 is 10.1 Å². The van der Waals surface area contributed by atoms with Gasteiger partial charge in [0, 0.05) is 24.6 Å². The van der Waals surface area contributed by atoms with Gasteiger partial charge in [0.25, 0.3) is 0 Å². The van der Waals surface area contributed by atoms with Crippen molar-refractivity contribution in [3.8, 4) is 11.8 Å². The van der Waals surface area contributed by atoms with Gasteiger partial charge in [-0.25, -0.2) is 4.79 Å². The molecule has 0 atom stereocenters. The number of nitro groups is 1. The molecule has 128 valence electrons. The van der Waals surface area contributed by atoms with E-state index in [4.69, 9.17) is 4.74 Å². The monoisotopic (exact) mass is 342 g/mol. The van der Waals surface area contributed by atoms with Crippen LogP contribution in [0.25, 0.3) is 0 Å². The fourth-order valence-corrected chi connectivity index (χ4v) is 1.90. The molecule has 0 aliphatic carbocycles. The van der Waals surface area contributed by atoms with Crippen molar-refractivity contribution < 1.29 is 18.8 Å². The van der Waals surface area contributed by atoms with Gasteiger partial charge in [0.05, 0.1) is 4.92 Å². The van der Waals surface area contributed by atoms with E-state index < -0.39 is 22.5 Å². The second-order valence-electron chi connectivity index (χ2n) is 4.96. The van der Waals surface area contributed by atoms with Crippen LogP contribution in [0.1, 0.15) is 17.5 Å². The number of hydrogen-bond acceptors (Lipinski definition) is 4. The highest BCUT2D eigenvalue weighted by molar-refractivity contribution is 5.67. The molecule has 1 N–H and O–H groups in total. The van der Waals surface area contributed by atoms with E-state index in [-0.39, 0.29) is 13.2 Å². The van der Waals surface area contributed by atoms with Crippen molar-refractivity contribution in [2.24, 2.45) is 0 Å². The maximum Gasteiger partial charge on any atom is 0.407 e. The molecule has 0 aliphatic rings. The zero-order valence-corrected chi connectivity index (χ0v) is 13.2. The third kappa shape index (κ3) is 5.95. The zero-order chi connectivity index (χ0) is 18.1. The van der Waals surface area contributed by atoms with Crippen molar-refractivity contribution in [1.29, 1.82) is 0 Å². The molecule has 0 saturated heterocycles. The summed E-state index contributed by atoms with van der Waals surface area (Å²) in [6.45, 7) is 0.446. The van der Waals surface area contributed by atoms with Gasteiger partial charge in [0.15, 0.2) is 0 Å². The van der Waals surface area contributed by atoms with Gasteiger partial charge in [0.2, 0.25) is 5.82 Å². The quantitative estimate of drug-likeness (QED) is 0.391. The second-order valence-corrected chi connectivity index (χ2v) is 4.96. The molecule has 0 heterocycles. The number of nitrogens with zero attached hydrogens (tertiary/aromatic N) is 1. The number of hydrogen-bond donors (Lipinski definition) is 1. The molecular formula is C18H15FN2O4. The van der Waals surface area contributed by atoms with Crippen molar-refractivity contribution in [2.45, 2.75) is 13.0 Å². The molecule has 25 heavy (non-hydrogen) atoms. The number of nitro benzene ring substituents is 1. The molecule has 0 unspecified atom stereocenters. The van der Waals surface area contributed by atoms with Gasteiger partial charge in [-0.2, -0.15) is 4.39 Å². The van der Waals surface area contributed by atoms with Crippen LogP contribution in [0.2, 0.25) is 0 Å². The van der Waals surface area contributed by atoms with E-state index in [2.05, 4.69) is 17.2 Å².